The molecule has 0 saturated heterocycles. The number of hydrogen-bond acceptors (Lipinski definition) is 4. The maximum Gasteiger partial charge on any atom is 0.186 e. The minimum Gasteiger partial charge on any atom is -0.457 e. The Bertz CT molecular complexity index is 1770. The number of fused-ring (bicyclic) bond motifs is 4. The zero-order valence-electron chi connectivity index (χ0n) is 23.2. The maximum atomic E-state index is 7.08. The lowest BCUT2D eigenvalue weighted by molar-refractivity contribution is -0.389. The average molecular weight is 616 g/mol. The van der Waals surface area contributed by atoms with E-state index in [0.29, 0.717) is 33.0 Å². The van der Waals surface area contributed by atoms with Crippen molar-refractivity contribution in [3.05, 3.63) is 189 Å². The van der Waals surface area contributed by atoms with Gasteiger partial charge in [0.05, 0.1) is 0 Å². The van der Waals surface area contributed by atoms with E-state index in [1.807, 2.05) is 146 Å². The standard InChI is InChI=1S/C38H24Cl2O4/c39-27-21-17-25(18-22-27)37(29-9-1-5-13-33(29)41-34-14-6-2-10-30(34)37)43-44-38(26-19-23-28(40)24-20-26)31-11-3-7-15-35(31)42-36-16-8-4-12-32(36)38/h1-24H. The van der Waals surface area contributed by atoms with Gasteiger partial charge in [0.2, 0.25) is 0 Å². The molecule has 0 atom stereocenters. The van der Waals surface area contributed by atoms with E-state index >= 15 is 0 Å². The Morgan fingerprint density at radius 2 is 0.636 bits per heavy atom. The summed E-state index contributed by atoms with van der Waals surface area (Å²) in [6, 6.07) is 46.7. The molecule has 2 heterocycles. The average Bonchev–Trinajstić information content (AvgIpc) is 3.07. The summed E-state index contributed by atoms with van der Waals surface area (Å²) in [5.74, 6) is 2.66. The second-order valence-electron chi connectivity index (χ2n) is 10.7. The number of benzene rings is 6. The van der Waals surface area contributed by atoms with Crippen molar-refractivity contribution in [2.24, 2.45) is 0 Å². The van der Waals surface area contributed by atoms with Gasteiger partial charge in [-0.15, -0.1) is 0 Å². The predicted octanol–water partition coefficient (Wildman–Crippen LogP) is 10.4. The molecule has 0 radical (unpaired) electrons. The van der Waals surface area contributed by atoms with Crippen LogP contribution in [0.2, 0.25) is 10.0 Å². The van der Waals surface area contributed by atoms with Gasteiger partial charge in [0.1, 0.15) is 23.0 Å². The number of para-hydroxylation sites is 4. The first-order valence-electron chi connectivity index (χ1n) is 14.2. The Morgan fingerprint density at radius 1 is 0.364 bits per heavy atom. The molecule has 0 bridgehead atoms. The third-order valence-electron chi connectivity index (χ3n) is 8.30. The van der Waals surface area contributed by atoms with Crippen molar-refractivity contribution in [2.75, 3.05) is 0 Å². The summed E-state index contributed by atoms with van der Waals surface area (Å²) in [4.78, 5) is 14.2. The SMILES string of the molecule is Clc1ccc(C2(OOC3(c4ccc(Cl)cc4)c4ccccc4Oc4ccccc43)c3ccccc3Oc3ccccc32)cc1. The van der Waals surface area contributed by atoms with Crippen molar-refractivity contribution in [3.8, 4) is 23.0 Å². The molecule has 44 heavy (non-hydrogen) atoms. The van der Waals surface area contributed by atoms with Crippen LogP contribution in [-0.2, 0) is 21.0 Å². The van der Waals surface area contributed by atoms with E-state index in [9.17, 15) is 0 Å². The van der Waals surface area contributed by atoms with Gasteiger partial charge < -0.3 is 9.47 Å². The highest BCUT2D eigenvalue weighted by Gasteiger charge is 2.52. The summed E-state index contributed by atoms with van der Waals surface area (Å²) in [5, 5.41) is 1.23. The summed E-state index contributed by atoms with van der Waals surface area (Å²) in [6.45, 7) is 0. The van der Waals surface area contributed by atoms with E-state index in [-0.39, 0.29) is 0 Å². The van der Waals surface area contributed by atoms with Gasteiger partial charge in [-0.3, -0.25) is 0 Å². The van der Waals surface area contributed by atoms with Crippen LogP contribution >= 0.6 is 23.2 Å². The molecule has 6 heteroatoms. The highest BCUT2D eigenvalue weighted by Crippen LogP contribution is 2.57. The van der Waals surface area contributed by atoms with Gasteiger partial charge in [-0.05, 0) is 59.7 Å². The molecule has 0 saturated carbocycles. The first kappa shape index (κ1) is 27.0. The van der Waals surface area contributed by atoms with Crippen LogP contribution < -0.4 is 9.47 Å². The Labute approximate surface area is 264 Å². The fraction of sp³-hybridized carbons (Fsp3) is 0.0526. The fourth-order valence-corrected chi connectivity index (χ4v) is 6.56. The molecule has 0 spiro atoms. The lowest BCUT2D eigenvalue weighted by atomic mass is 9.77. The Morgan fingerprint density at radius 3 is 0.932 bits per heavy atom. The van der Waals surface area contributed by atoms with Crippen LogP contribution in [0, 0.1) is 0 Å². The van der Waals surface area contributed by atoms with Gasteiger partial charge in [-0.2, -0.15) is 0 Å². The van der Waals surface area contributed by atoms with E-state index in [0.717, 1.165) is 33.4 Å². The molecular weight excluding hydrogens is 591 g/mol. The van der Waals surface area contributed by atoms with Gasteiger partial charge >= 0.3 is 0 Å². The van der Waals surface area contributed by atoms with Crippen LogP contribution in [0.25, 0.3) is 0 Å². The second kappa shape index (κ2) is 10.5. The van der Waals surface area contributed by atoms with Crippen molar-refractivity contribution in [3.63, 3.8) is 0 Å². The molecule has 0 amide bonds. The third kappa shape index (κ3) is 4.07. The van der Waals surface area contributed by atoms with E-state index in [1.54, 1.807) is 0 Å². The first-order chi connectivity index (χ1) is 21.6. The molecule has 8 rings (SSSR count). The van der Waals surface area contributed by atoms with Crippen LogP contribution in [0.4, 0.5) is 0 Å². The minimum absolute atomic E-state index is 0.614. The van der Waals surface area contributed by atoms with Crippen LogP contribution in [0.3, 0.4) is 0 Å². The molecule has 2 aliphatic rings. The topological polar surface area (TPSA) is 36.9 Å². The Balaban J connectivity index is 1.41. The van der Waals surface area contributed by atoms with Crippen LogP contribution in [0.1, 0.15) is 33.4 Å². The first-order valence-corrected chi connectivity index (χ1v) is 15.0. The molecule has 0 aliphatic carbocycles. The number of rotatable bonds is 5. The lowest BCUT2D eigenvalue weighted by Gasteiger charge is -2.44. The predicted molar refractivity (Wildman–Crippen MR) is 171 cm³/mol. The number of halogens is 2. The van der Waals surface area contributed by atoms with Gasteiger partial charge in [0.15, 0.2) is 11.2 Å². The quantitative estimate of drug-likeness (QED) is 0.143. The number of hydrogen-bond donors (Lipinski definition) is 0. The van der Waals surface area contributed by atoms with Crippen molar-refractivity contribution in [1.29, 1.82) is 0 Å². The summed E-state index contributed by atoms with van der Waals surface area (Å²) in [5.41, 5.74) is 2.34. The highest BCUT2D eigenvalue weighted by atomic mass is 35.5. The van der Waals surface area contributed by atoms with Gasteiger partial charge in [0, 0.05) is 32.3 Å². The maximum absolute atomic E-state index is 7.08. The van der Waals surface area contributed by atoms with Crippen LogP contribution in [0.15, 0.2) is 146 Å². The van der Waals surface area contributed by atoms with E-state index in [4.69, 9.17) is 42.5 Å². The van der Waals surface area contributed by atoms with E-state index in [1.165, 1.54) is 0 Å². The van der Waals surface area contributed by atoms with Crippen molar-refractivity contribution < 1.29 is 19.2 Å². The summed E-state index contributed by atoms with van der Waals surface area (Å²) in [7, 11) is 0. The number of ether oxygens (including phenoxy) is 2. The summed E-state index contributed by atoms with van der Waals surface area (Å²) < 4.78 is 12.8. The van der Waals surface area contributed by atoms with Gasteiger partial charge in [-0.1, -0.05) is 120 Å². The zero-order chi connectivity index (χ0) is 29.7. The van der Waals surface area contributed by atoms with E-state index < -0.39 is 11.2 Å². The summed E-state index contributed by atoms with van der Waals surface area (Å²) in [6.07, 6.45) is 0. The smallest absolute Gasteiger partial charge is 0.186 e. The molecule has 0 aromatic heterocycles. The van der Waals surface area contributed by atoms with Gasteiger partial charge in [-0.25, -0.2) is 9.78 Å². The molecule has 4 nitrogen and oxygen atoms in total. The second-order valence-corrected chi connectivity index (χ2v) is 11.6. The largest absolute Gasteiger partial charge is 0.457 e. The third-order valence-corrected chi connectivity index (χ3v) is 8.80. The van der Waals surface area contributed by atoms with Crippen molar-refractivity contribution in [1.82, 2.24) is 0 Å². The lowest BCUT2D eigenvalue weighted by Crippen LogP contribution is -2.42. The highest BCUT2D eigenvalue weighted by molar-refractivity contribution is 6.30. The normalized spacial score (nSPS) is 15.0. The molecular formula is C38H24Cl2O4. The van der Waals surface area contributed by atoms with Crippen LogP contribution in [-0.4, -0.2) is 0 Å². The zero-order valence-corrected chi connectivity index (χ0v) is 24.8. The fourth-order valence-electron chi connectivity index (χ4n) is 6.31. The van der Waals surface area contributed by atoms with Gasteiger partial charge in [0.25, 0.3) is 0 Å². The van der Waals surface area contributed by atoms with E-state index in [2.05, 4.69) is 0 Å². The van der Waals surface area contributed by atoms with Crippen LogP contribution in [0.5, 0.6) is 23.0 Å². The molecule has 2 aliphatic heterocycles. The minimum atomic E-state index is -1.24. The Hall–Kier alpha value is -4.58. The molecule has 0 N–H and O–H groups in total. The van der Waals surface area contributed by atoms with Crippen molar-refractivity contribution in [2.45, 2.75) is 11.2 Å². The summed E-state index contributed by atoms with van der Waals surface area (Å²) >= 11 is 12.8. The molecule has 6 aromatic carbocycles. The molecule has 0 fully saturated rings. The molecule has 214 valence electrons. The van der Waals surface area contributed by atoms with Crippen molar-refractivity contribution >= 4 is 23.2 Å². The molecule has 6 aromatic rings. The monoisotopic (exact) mass is 614 g/mol. The Kier molecular flexibility index (Phi) is 6.47. The molecule has 0 unspecified atom stereocenters.